The van der Waals surface area contributed by atoms with Gasteiger partial charge in [0.2, 0.25) is 0 Å². The Morgan fingerprint density at radius 1 is 1.31 bits per heavy atom. The van der Waals surface area contributed by atoms with Crippen molar-refractivity contribution in [1.82, 2.24) is 4.98 Å². The predicted octanol–water partition coefficient (Wildman–Crippen LogP) is 2.49. The lowest BCUT2D eigenvalue weighted by atomic mass is 10.1. The summed E-state index contributed by atoms with van der Waals surface area (Å²) < 4.78 is 5.72. The molecule has 3 heteroatoms. The molecule has 16 heavy (non-hydrogen) atoms. The Morgan fingerprint density at radius 2 is 2.06 bits per heavy atom. The first-order chi connectivity index (χ1) is 7.61. The lowest BCUT2D eigenvalue weighted by molar-refractivity contribution is 0.0379. The minimum atomic E-state index is 0.288. The first-order valence-corrected chi connectivity index (χ1v) is 5.87. The van der Waals surface area contributed by atoms with E-state index in [9.17, 15) is 0 Å². The second kappa shape index (κ2) is 6.61. The van der Waals surface area contributed by atoms with Crippen LogP contribution in [0.5, 0.6) is 0 Å². The Labute approximate surface area is 98.0 Å². The van der Waals surface area contributed by atoms with Gasteiger partial charge in [0.15, 0.2) is 0 Å². The Morgan fingerprint density at radius 3 is 2.56 bits per heavy atom. The standard InChI is InChI=1S/C13H22N2O/c1-10(2)6-11(3)16-9-13-5-4-12(7-14)8-15-13/h4-5,8,10-11H,6-7,9,14H2,1-3H3. The lowest BCUT2D eigenvalue weighted by Gasteiger charge is -2.14. The van der Waals surface area contributed by atoms with Crippen molar-refractivity contribution in [2.45, 2.75) is 46.4 Å². The Hall–Kier alpha value is -0.930. The second-order valence-corrected chi connectivity index (χ2v) is 4.61. The zero-order valence-corrected chi connectivity index (χ0v) is 10.4. The minimum Gasteiger partial charge on any atom is -0.372 e. The maximum Gasteiger partial charge on any atom is 0.0891 e. The van der Waals surface area contributed by atoms with Crippen LogP contribution in [0, 0.1) is 5.92 Å². The van der Waals surface area contributed by atoms with E-state index in [0.29, 0.717) is 19.1 Å². The van der Waals surface area contributed by atoms with Crippen molar-refractivity contribution >= 4 is 0 Å². The van der Waals surface area contributed by atoms with Crippen molar-refractivity contribution < 1.29 is 4.74 Å². The fraction of sp³-hybridized carbons (Fsp3) is 0.615. The van der Waals surface area contributed by atoms with Crippen molar-refractivity contribution in [3.05, 3.63) is 29.6 Å². The molecule has 1 aromatic rings. The summed E-state index contributed by atoms with van der Waals surface area (Å²) in [6.45, 7) is 7.63. The normalized spacial score (nSPS) is 13.1. The number of nitrogens with zero attached hydrogens (tertiary/aromatic N) is 1. The smallest absolute Gasteiger partial charge is 0.0891 e. The molecule has 1 heterocycles. The molecule has 0 spiro atoms. The maximum absolute atomic E-state index is 5.72. The second-order valence-electron chi connectivity index (χ2n) is 4.61. The number of rotatable bonds is 6. The molecule has 0 aliphatic rings. The molecule has 0 aliphatic carbocycles. The molecule has 0 saturated carbocycles. The van der Waals surface area contributed by atoms with Crippen LogP contribution in [-0.4, -0.2) is 11.1 Å². The van der Waals surface area contributed by atoms with Gasteiger partial charge in [0.1, 0.15) is 0 Å². The summed E-state index contributed by atoms with van der Waals surface area (Å²) in [7, 11) is 0. The Balaban J connectivity index is 2.36. The summed E-state index contributed by atoms with van der Waals surface area (Å²) in [6.07, 6.45) is 3.18. The molecule has 2 N–H and O–H groups in total. The maximum atomic E-state index is 5.72. The van der Waals surface area contributed by atoms with E-state index in [1.807, 2.05) is 18.3 Å². The number of aromatic nitrogens is 1. The Bertz CT molecular complexity index is 295. The molecule has 0 aliphatic heterocycles. The van der Waals surface area contributed by atoms with E-state index in [-0.39, 0.29) is 6.10 Å². The molecule has 0 radical (unpaired) electrons. The van der Waals surface area contributed by atoms with Crippen molar-refractivity contribution in [2.75, 3.05) is 0 Å². The van der Waals surface area contributed by atoms with Gasteiger partial charge in [0.05, 0.1) is 18.4 Å². The molecule has 1 unspecified atom stereocenters. The van der Waals surface area contributed by atoms with Crippen LogP contribution in [0.3, 0.4) is 0 Å². The highest BCUT2D eigenvalue weighted by Crippen LogP contribution is 2.10. The van der Waals surface area contributed by atoms with Crippen LogP contribution >= 0.6 is 0 Å². The molecule has 0 amide bonds. The largest absolute Gasteiger partial charge is 0.372 e. The molecule has 90 valence electrons. The van der Waals surface area contributed by atoms with E-state index in [4.69, 9.17) is 10.5 Å². The van der Waals surface area contributed by atoms with Crippen molar-refractivity contribution in [1.29, 1.82) is 0 Å². The van der Waals surface area contributed by atoms with Gasteiger partial charge in [-0.3, -0.25) is 4.98 Å². The zero-order chi connectivity index (χ0) is 12.0. The number of ether oxygens (including phenoxy) is 1. The van der Waals surface area contributed by atoms with Crippen LogP contribution in [0.25, 0.3) is 0 Å². The average molecular weight is 222 g/mol. The fourth-order valence-electron chi connectivity index (χ4n) is 1.62. The highest BCUT2D eigenvalue weighted by molar-refractivity contribution is 5.13. The molecular formula is C13H22N2O. The SMILES string of the molecule is CC(C)CC(C)OCc1ccc(CN)cn1. The monoisotopic (exact) mass is 222 g/mol. The van der Waals surface area contributed by atoms with E-state index in [0.717, 1.165) is 17.7 Å². The molecule has 1 aromatic heterocycles. The van der Waals surface area contributed by atoms with Gasteiger partial charge in [-0.15, -0.1) is 0 Å². The van der Waals surface area contributed by atoms with Crippen LogP contribution < -0.4 is 5.73 Å². The van der Waals surface area contributed by atoms with Crippen LogP contribution in [0.4, 0.5) is 0 Å². The van der Waals surface area contributed by atoms with E-state index in [1.165, 1.54) is 0 Å². The molecule has 0 fully saturated rings. The van der Waals surface area contributed by atoms with E-state index < -0.39 is 0 Å². The van der Waals surface area contributed by atoms with Crippen LogP contribution in [0.1, 0.15) is 38.4 Å². The fourth-order valence-corrected chi connectivity index (χ4v) is 1.62. The number of hydrogen-bond donors (Lipinski definition) is 1. The first-order valence-electron chi connectivity index (χ1n) is 5.87. The van der Waals surface area contributed by atoms with E-state index in [1.54, 1.807) is 0 Å². The number of pyridine rings is 1. The van der Waals surface area contributed by atoms with Gasteiger partial charge in [-0.1, -0.05) is 19.9 Å². The average Bonchev–Trinajstić information content (AvgIpc) is 2.26. The minimum absolute atomic E-state index is 0.288. The molecule has 0 saturated heterocycles. The molecule has 3 nitrogen and oxygen atoms in total. The third kappa shape index (κ3) is 4.73. The highest BCUT2D eigenvalue weighted by Gasteiger charge is 2.05. The number of hydrogen-bond acceptors (Lipinski definition) is 3. The van der Waals surface area contributed by atoms with Crippen LogP contribution in [-0.2, 0) is 17.9 Å². The number of nitrogens with two attached hydrogens (primary N) is 1. The van der Waals surface area contributed by atoms with E-state index >= 15 is 0 Å². The third-order valence-corrected chi connectivity index (χ3v) is 2.44. The lowest BCUT2D eigenvalue weighted by Crippen LogP contribution is -2.11. The molecule has 0 aromatic carbocycles. The molecular weight excluding hydrogens is 200 g/mol. The van der Waals surface area contributed by atoms with Gasteiger partial charge in [-0.25, -0.2) is 0 Å². The predicted molar refractivity (Wildman–Crippen MR) is 65.8 cm³/mol. The van der Waals surface area contributed by atoms with Gasteiger partial charge in [0.25, 0.3) is 0 Å². The summed E-state index contributed by atoms with van der Waals surface area (Å²) in [5, 5.41) is 0. The van der Waals surface area contributed by atoms with Gasteiger partial charge in [0, 0.05) is 12.7 Å². The van der Waals surface area contributed by atoms with E-state index in [2.05, 4.69) is 25.8 Å². The Kier molecular flexibility index (Phi) is 5.43. The quantitative estimate of drug-likeness (QED) is 0.804. The zero-order valence-electron chi connectivity index (χ0n) is 10.4. The van der Waals surface area contributed by atoms with Crippen molar-refractivity contribution in [3.8, 4) is 0 Å². The summed E-state index contributed by atoms with van der Waals surface area (Å²) in [5.74, 6) is 0.669. The summed E-state index contributed by atoms with van der Waals surface area (Å²) >= 11 is 0. The summed E-state index contributed by atoms with van der Waals surface area (Å²) in [4.78, 5) is 4.30. The van der Waals surface area contributed by atoms with Gasteiger partial charge < -0.3 is 10.5 Å². The van der Waals surface area contributed by atoms with Crippen molar-refractivity contribution in [2.24, 2.45) is 11.7 Å². The van der Waals surface area contributed by atoms with Gasteiger partial charge in [-0.05, 0) is 30.9 Å². The molecule has 0 bridgehead atoms. The molecule has 1 atom stereocenters. The topological polar surface area (TPSA) is 48.1 Å². The first kappa shape index (κ1) is 13.1. The summed E-state index contributed by atoms with van der Waals surface area (Å²) in [6, 6.07) is 3.98. The van der Waals surface area contributed by atoms with Crippen molar-refractivity contribution in [3.63, 3.8) is 0 Å². The summed E-state index contributed by atoms with van der Waals surface area (Å²) in [5.41, 5.74) is 7.53. The molecule has 1 rings (SSSR count). The third-order valence-electron chi connectivity index (χ3n) is 2.44. The van der Waals surface area contributed by atoms with Gasteiger partial charge in [-0.2, -0.15) is 0 Å². The van der Waals surface area contributed by atoms with Crippen LogP contribution in [0.2, 0.25) is 0 Å². The highest BCUT2D eigenvalue weighted by atomic mass is 16.5. The van der Waals surface area contributed by atoms with Gasteiger partial charge >= 0.3 is 0 Å². The van der Waals surface area contributed by atoms with Crippen LogP contribution in [0.15, 0.2) is 18.3 Å².